The van der Waals surface area contributed by atoms with Crippen molar-refractivity contribution in [2.45, 2.75) is 19.8 Å². The molecule has 0 aliphatic rings. The Labute approximate surface area is 134 Å². The van der Waals surface area contributed by atoms with Gasteiger partial charge in [-0.3, -0.25) is 9.48 Å². The number of hydrogen-bond donors (Lipinski definition) is 3. The highest BCUT2D eigenvalue weighted by Gasteiger charge is 2.14. The Balaban J connectivity index is 2.06. The number of carbonyl (C=O) groups is 1. The molecule has 0 aliphatic heterocycles. The third-order valence-corrected chi connectivity index (χ3v) is 3.46. The van der Waals surface area contributed by atoms with Crippen LogP contribution in [0.15, 0.2) is 30.5 Å². The van der Waals surface area contributed by atoms with E-state index in [1.807, 2.05) is 12.1 Å². The maximum Gasteiger partial charge on any atom is 0.269 e. The molecule has 0 saturated heterocycles. The second-order valence-corrected chi connectivity index (χ2v) is 5.66. The van der Waals surface area contributed by atoms with E-state index in [9.17, 15) is 4.79 Å². The summed E-state index contributed by atoms with van der Waals surface area (Å²) in [6.07, 6.45) is 1.51. The summed E-state index contributed by atoms with van der Waals surface area (Å²) in [6.45, 7) is 4.28. The van der Waals surface area contributed by atoms with Gasteiger partial charge in [0, 0.05) is 12.7 Å². The molecular weight excluding hydrogens is 298 g/mol. The van der Waals surface area contributed by atoms with Crippen LogP contribution in [-0.2, 0) is 7.05 Å². The molecule has 2 aromatic rings. The highest BCUT2D eigenvalue weighted by Crippen LogP contribution is 2.18. The van der Waals surface area contributed by atoms with E-state index in [-0.39, 0.29) is 5.69 Å². The lowest BCUT2D eigenvalue weighted by molar-refractivity contribution is 0.0992. The van der Waals surface area contributed by atoms with Gasteiger partial charge in [0.1, 0.15) is 5.69 Å². The van der Waals surface area contributed by atoms with Gasteiger partial charge in [0.25, 0.3) is 5.91 Å². The molecule has 0 radical (unpaired) electrons. The lowest BCUT2D eigenvalue weighted by atomic mass is 10.0. The van der Waals surface area contributed by atoms with Crippen molar-refractivity contribution < 1.29 is 4.79 Å². The first kappa shape index (κ1) is 16.0. The van der Waals surface area contributed by atoms with Gasteiger partial charge in [0.15, 0.2) is 5.11 Å². The topological polar surface area (TPSA) is 85.0 Å². The molecule has 1 aromatic carbocycles. The minimum atomic E-state index is -0.563. The maximum atomic E-state index is 11.4. The van der Waals surface area contributed by atoms with Crippen molar-refractivity contribution in [2.24, 2.45) is 12.8 Å². The molecule has 1 heterocycles. The Hall–Kier alpha value is -2.41. The summed E-state index contributed by atoms with van der Waals surface area (Å²) in [7, 11) is 1.65. The summed E-state index contributed by atoms with van der Waals surface area (Å²) in [4.78, 5) is 11.4. The maximum absolute atomic E-state index is 11.4. The minimum Gasteiger partial charge on any atom is -0.364 e. The number of thiocarbonyl (C=S) groups is 1. The van der Waals surface area contributed by atoms with Crippen LogP contribution in [0.5, 0.6) is 0 Å². The predicted molar refractivity (Wildman–Crippen MR) is 92.1 cm³/mol. The molecule has 0 bridgehead atoms. The minimum absolute atomic E-state index is 0.277. The summed E-state index contributed by atoms with van der Waals surface area (Å²) < 4.78 is 1.41. The summed E-state index contributed by atoms with van der Waals surface area (Å²) in [5.74, 6) is -0.0840. The molecular formula is C15H19N5OS. The molecule has 0 atom stereocenters. The second kappa shape index (κ2) is 6.57. The molecule has 116 valence electrons. The van der Waals surface area contributed by atoms with Crippen LogP contribution in [0.1, 0.15) is 35.8 Å². The fourth-order valence-electron chi connectivity index (χ4n) is 2.06. The fourth-order valence-corrected chi connectivity index (χ4v) is 2.29. The van der Waals surface area contributed by atoms with Gasteiger partial charge in [0.05, 0.1) is 11.9 Å². The summed E-state index contributed by atoms with van der Waals surface area (Å²) in [6, 6.07) is 8.02. The number of anilines is 2. The third-order valence-electron chi connectivity index (χ3n) is 3.26. The largest absolute Gasteiger partial charge is 0.364 e. The zero-order chi connectivity index (χ0) is 16.3. The molecule has 0 spiro atoms. The van der Waals surface area contributed by atoms with Crippen molar-refractivity contribution in [1.29, 1.82) is 0 Å². The Morgan fingerprint density at radius 3 is 2.45 bits per heavy atom. The molecule has 7 heteroatoms. The fraction of sp³-hybridized carbons (Fsp3) is 0.267. The van der Waals surface area contributed by atoms with Crippen LogP contribution in [-0.4, -0.2) is 20.8 Å². The standard InChI is InChI=1S/C15H19N5OS/c1-9(2)10-4-6-11(7-5-10)18-15(22)19-12-8-17-20(3)13(12)14(16)21/h4-9H,1-3H3,(H2,16,21)(H2,18,19,22). The number of aryl methyl sites for hydroxylation is 1. The SMILES string of the molecule is CC(C)c1ccc(NC(=S)Nc2cnn(C)c2C(N)=O)cc1. The van der Waals surface area contributed by atoms with Gasteiger partial charge in [-0.05, 0) is 35.8 Å². The van der Waals surface area contributed by atoms with Gasteiger partial charge in [-0.25, -0.2) is 0 Å². The number of nitrogens with two attached hydrogens (primary N) is 1. The third kappa shape index (κ3) is 3.62. The number of carbonyl (C=O) groups excluding carboxylic acids is 1. The summed E-state index contributed by atoms with van der Waals surface area (Å²) in [5, 5.41) is 10.4. The number of aromatic nitrogens is 2. The summed E-state index contributed by atoms with van der Waals surface area (Å²) >= 11 is 5.25. The normalized spacial score (nSPS) is 10.5. The van der Waals surface area contributed by atoms with Crippen molar-refractivity contribution in [1.82, 2.24) is 9.78 Å². The number of primary amides is 1. The number of nitrogens with zero attached hydrogens (tertiary/aromatic N) is 2. The van der Waals surface area contributed by atoms with Gasteiger partial charge in [-0.15, -0.1) is 0 Å². The van der Waals surface area contributed by atoms with Gasteiger partial charge in [-0.2, -0.15) is 5.10 Å². The molecule has 0 saturated carbocycles. The first-order chi connectivity index (χ1) is 10.4. The Morgan fingerprint density at radius 1 is 1.27 bits per heavy atom. The number of hydrogen-bond acceptors (Lipinski definition) is 3. The first-order valence-electron chi connectivity index (χ1n) is 6.88. The smallest absolute Gasteiger partial charge is 0.269 e. The molecule has 4 N–H and O–H groups in total. The van der Waals surface area contributed by atoms with E-state index >= 15 is 0 Å². The van der Waals surface area contributed by atoms with Crippen LogP contribution in [0.3, 0.4) is 0 Å². The zero-order valence-corrected chi connectivity index (χ0v) is 13.6. The molecule has 6 nitrogen and oxygen atoms in total. The highest BCUT2D eigenvalue weighted by molar-refractivity contribution is 7.80. The van der Waals surface area contributed by atoms with Gasteiger partial charge in [0.2, 0.25) is 0 Å². The number of benzene rings is 1. The molecule has 2 rings (SSSR count). The Morgan fingerprint density at radius 2 is 1.91 bits per heavy atom. The van der Waals surface area contributed by atoms with Crippen LogP contribution in [0.4, 0.5) is 11.4 Å². The predicted octanol–water partition coefficient (Wildman–Crippen LogP) is 2.45. The molecule has 1 amide bonds. The molecule has 22 heavy (non-hydrogen) atoms. The van der Waals surface area contributed by atoms with Gasteiger partial charge in [-0.1, -0.05) is 26.0 Å². The van der Waals surface area contributed by atoms with Crippen LogP contribution < -0.4 is 16.4 Å². The molecule has 1 aromatic heterocycles. The van der Waals surface area contributed by atoms with Crippen LogP contribution >= 0.6 is 12.2 Å². The van der Waals surface area contributed by atoms with Crippen LogP contribution in [0.25, 0.3) is 0 Å². The molecule has 0 aliphatic carbocycles. The number of rotatable bonds is 4. The van der Waals surface area contributed by atoms with E-state index in [0.717, 1.165) is 5.69 Å². The summed E-state index contributed by atoms with van der Waals surface area (Å²) in [5.41, 5.74) is 8.21. The lowest BCUT2D eigenvalue weighted by Gasteiger charge is -2.11. The van der Waals surface area contributed by atoms with Gasteiger partial charge >= 0.3 is 0 Å². The highest BCUT2D eigenvalue weighted by atomic mass is 32.1. The zero-order valence-electron chi connectivity index (χ0n) is 12.8. The van der Waals surface area contributed by atoms with Gasteiger partial charge < -0.3 is 16.4 Å². The van der Waals surface area contributed by atoms with E-state index < -0.39 is 5.91 Å². The second-order valence-electron chi connectivity index (χ2n) is 5.25. The lowest BCUT2D eigenvalue weighted by Crippen LogP contribution is -2.23. The monoisotopic (exact) mass is 317 g/mol. The number of amides is 1. The van der Waals surface area contributed by atoms with Crippen molar-refractivity contribution in [3.63, 3.8) is 0 Å². The van der Waals surface area contributed by atoms with E-state index in [2.05, 4.69) is 41.7 Å². The Kier molecular flexibility index (Phi) is 4.77. The average molecular weight is 317 g/mol. The van der Waals surface area contributed by atoms with Crippen LogP contribution in [0.2, 0.25) is 0 Å². The molecule has 0 fully saturated rings. The van der Waals surface area contributed by atoms with Crippen LogP contribution in [0, 0.1) is 0 Å². The van der Waals surface area contributed by atoms with E-state index in [4.69, 9.17) is 18.0 Å². The Bertz CT molecular complexity index is 690. The average Bonchev–Trinajstić information content (AvgIpc) is 2.80. The van der Waals surface area contributed by atoms with E-state index in [1.54, 1.807) is 7.05 Å². The van der Waals surface area contributed by atoms with E-state index in [0.29, 0.717) is 16.7 Å². The van der Waals surface area contributed by atoms with Crippen molar-refractivity contribution in [2.75, 3.05) is 10.6 Å². The first-order valence-corrected chi connectivity index (χ1v) is 7.29. The molecule has 0 unspecified atom stereocenters. The number of nitrogens with one attached hydrogen (secondary N) is 2. The van der Waals surface area contributed by atoms with E-state index in [1.165, 1.54) is 16.4 Å². The van der Waals surface area contributed by atoms with Crippen molar-refractivity contribution in [3.05, 3.63) is 41.7 Å². The van der Waals surface area contributed by atoms with Crippen molar-refractivity contribution >= 4 is 34.6 Å². The quantitative estimate of drug-likeness (QED) is 0.754. The van der Waals surface area contributed by atoms with Crippen molar-refractivity contribution in [3.8, 4) is 0 Å².